The summed E-state index contributed by atoms with van der Waals surface area (Å²) in [4.78, 5) is 15.1. The minimum atomic E-state index is -0.125. The summed E-state index contributed by atoms with van der Waals surface area (Å²) in [7, 11) is 0. The second-order valence-electron chi connectivity index (χ2n) is 7.28. The van der Waals surface area contributed by atoms with Gasteiger partial charge in [0.2, 0.25) is 5.91 Å². The van der Waals surface area contributed by atoms with Gasteiger partial charge < -0.3 is 10.2 Å². The summed E-state index contributed by atoms with van der Waals surface area (Å²) in [6, 6.07) is 13.5. The number of aromatic nitrogens is 4. The lowest BCUT2D eigenvalue weighted by Gasteiger charge is -2.32. The number of nitrogens with zero attached hydrogens (tertiary/aromatic N) is 5. The van der Waals surface area contributed by atoms with Crippen molar-refractivity contribution in [3.05, 3.63) is 59.0 Å². The number of halogens is 1. The minimum Gasteiger partial charge on any atom is -0.354 e. The Balaban J connectivity index is 1.49. The molecule has 1 N–H and O–H groups in total. The lowest BCUT2D eigenvalue weighted by molar-refractivity contribution is -0.120. The van der Waals surface area contributed by atoms with Gasteiger partial charge in [-0.05, 0) is 51.0 Å². The van der Waals surface area contributed by atoms with Gasteiger partial charge in [0.15, 0.2) is 11.0 Å². The van der Waals surface area contributed by atoms with Crippen molar-refractivity contribution in [2.75, 3.05) is 23.3 Å². The van der Waals surface area contributed by atoms with Crippen molar-refractivity contribution in [3.8, 4) is 5.69 Å². The molecular weight excluding hydrogens is 388 g/mol. The van der Waals surface area contributed by atoms with Crippen LogP contribution in [-0.2, 0) is 4.79 Å². The zero-order valence-electron chi connectivity index (χ0n) is 16.5. The number of benzene rings is 1. The quantitative estimate of drug-likeness (QED) is 0.708. The maximum absolute atomic E-state index is 13.0. The van der Waals surface area contributed by atoms with E-state index in [2.05, 4.69) is 25.5 Å². The maximum Gasteiger partial charge on any atom is 0.229 e. The fraction of sp³-hybridized carbons (Fsp3) is 0.333. The highest BCUT2D eigenvalue weighted by molar-refractivity contribution is 6.29. The third-order valence-electron chi connectivity index (χ3n) is 5.27. The van der Waals surface area contributed by atoms with E-state index in [1.807, 2.05) is 54.9 Å². The fourth-order valence-corrected chi connectivity index (χ4v) is 3.85. The molecule has 1 aliphatic rings. The molecule has 0 aliphatic carbocycles. The first-order valence-corrected chi connectivity index (χ1v) is 10.1. The van der Waals surface area contributed by atoms with Crippen molar-refractivity contribution in [1.82, 2.24) is 20.0 Å². The van der Waals surface area contributed by atoms with Crippen LogP contribution in [-0.4, -0.2) is 39.0 Å². The number of nitrogens with one attached hydrogen (secondary N) is 1. The third kappa shape index (κ3) is 4.10. The van der Waals surface area contributed by atoms with Gasteiger partial charge in [-0.2, -0.15) is 5.10 Å². The first kappa shape index (κ1) is 19.4. The van der Waals surface area contributed by atoms with Gasteiger partial charge in [-0.3, -0.25) is 4.79 Å². The Morgan fingerprint density at radius 3 is 2.66 bits per heavy atom. The van der Waals surface area contributed by atoms with Crippen LogP contribution in [0.4, 0.5) is 11.5 Å². The van der Waals surface area contributed by atoms with Crippen LogP contribution in [0.25, 0.3) is 5.69 Å². The summed E-state index contributed by atoms with van der Waals surface area (Å²) < 4.78 is 1.86. The monoisotopic (exact) mass is 410 g/mol. The number of piperidine rings is 1. The molecule has 1 fully saturated rings. The topological polar surface area (TPSA) is 75.9 Å². The van der Waals surface area contributed by atoms with Crippen LogP contribution in [0.2, 0.25) is 5.15 Å². The highest BCUT2D eigenvalue weighted by atomic mass is 35.5. The van der Waals surface area contributed by atoms with Gasteiger partial charge in [0, 0.05) is 13.1 Å². The summed E-state index contributed by atoms with van der Waals surface area (Å²) in [5.41, 5.74) is 3.47. The minimum absolute atomic E-state index is 0.00966. The molecule has 0 radical (unpaired) electrons. The van der Waals surface area contributed by atoms with Crippen LogP contribution >= 0.6 is 11.6 Å². The predicted molar refractivity (Wildman–Crippen MR) is 114 cm³/mol. The van der Waals surface area contributed by atoms with Crippen LogP contribution < -0.4 is 10.2 Å². The standard InChI is InChI=1S/C21H23ClN6O/c1-14-20(15(2)28(26-14)17-8-4-3-5-9-17)23-21(29)16-7-6-12-27(13-16)19-11-10-18(22)24-25-19/h3-5,8-11,16H,6-7,12-13H2,1-2H3,(H,23,29)/t16-/m1/s1. The second-order valence-corrected chi connectivity index (χ2v) is 7.67. The lowest BCUT2D eigenvalue weighted by Crippen LogP contribution is -2.41. The Bertz CT molecular complexity index is 1000. The molecular formula is C21H23ClN6O. The molecule has 150 valence electrons. The molecule has 0 spiro atoms. The van der Waals surface area contributed by atoms with Crippen molar-refractivity contribution >= 4 is 29.0 Å². The number of rotatable bonds is 4. The first-order valence-electron chi connectivity index (χ1n) is 9.69. The normalized spacial score (nSPS) is 16.7. The average Bonchev–Trinajstić information content (AvgIpc) is 3.03. The van der Waals surface area contributed by atoms with E-state index in [9.17, 15) is 4.79 Å². The number of aryl methyl sites for hydroxylation is 1. The maximum atomic E-state index is 13.0. The van der Waals surface area contributed by atoms with Crippen molar-refractivity contribution in [1.29, 1.82) is 0 Å². The van der Waals surface area contributed by atoms with Crippen LogP contribution in [0.5, 0.6) is 0 Å². The molecule has 8 heteroatoms. The van der Waals surface area contributed by atoms with Crippen molar-refractivity contribution in [2.45, 2.75) is 26.7 Å². The van der Waals surface area contributed by atoms with E-state index in [0.29, 0.717) is 11.7 Å². The lowest BCUT2D eigenvalue weighted by atomic mass is 9.97. The predicted octanol–water partition coefficient (Wildman–Crippen LogP) is 3.79. The van der Waals surface area contributed by atoms with Gasteiger partial charge in [-0.25, -0.2) is 4.68 Å². The van der Waals surface area contributed by atoms with Crippen molar-refractivity contribution in [2.24, 2.45) is 5.92 Å². The molecule has 2 aromatic heterocycles. The van der Waals surface area contributed by atoms with Gasteiger partial charge in [0.1, 0.15) is 0 Å². The van der Waals surface area contributed by atoms with Gasteiger partial charge in [0.05, 0.1) is 28.7 Å². The molecule has 1 atom stereocenters. The smallest absolute Gasteiger partial charge is 0.229 e. The average molecular weight is 411 g/mol. The molecule has 3 aromatic rings. The SMILES string of the molecule is Cc1nn(-c2ccccc2)c(C)c1NC(=O)[C@@H]1CCCN(c2ccc(Cl)nn2)C1. The summed E-state index contributed by atoms with van der Waals surface area (Å²) in [5, 5.41) is 16.1. The third-order valence-corrected chi connectivity index (χ3v) is 5.48. The van der Waals surface area contributed by atoms with Crippen LogP contribution in [0.15, 0.2) is 42.5 Å². The molecule has 0 bridgehead atoms. The van der Waals surface area contributed by atoms with E-state index in [4.69, 9.17) is 11.6 Å². The fourth-order valence-electron chi connectivity index (χ4n) is 3.75. The highest BCUT2D eigenvalue weighted by Crippen LogP contribution is 2.26. The highest BCUT2D eigenvalue weighted by Gasteiger charge is 2.28. The van der Waals surface area contributed by atoms with Crippen molar-refractivity contribution < 1.29 is 4.79 Å². The number of hydrogen-bond donors (Lipinski definition) is 1. The van der Waals surface area contributed by atoms with E-state index >= 15 is 0 Å². The van der Waals surface area contributed by atoms with Gasteiger partial charge in [-0.1, -0.05) is 29.8 Å². The second kappa shape index (κ2) is 8.21. The number of anilines is 2. The molecule has 0 saturated carbocycles. The number of carbonyl (C=O) groups excluding carboxylic acids is 1. The Hall–Kier alpha value is -2.93. The zero-order valence-corrected chi connectivity index (χ0v) is 17.2. The molecule has 1 aromatic carbocycles. The molecule has 0 unspecified atom stereocenters. The van der Waals surface area contributed by atoms with E-state index in [1.54, 1.807) is 6.07 Å². The Morgan fingerprint density at radius 1 is 1.14 bits per heavy atom. The Labute approximate surface area is 174 Å². The summed E-state index contributed by atoms with van der Waals surface area (Å²) >= 11 is 5.83. The summed E-state index contributed by atoms with van der Waals surface area (Å²) in [6.07, 6.45) is 1.76. The number of para-hydroxylation sites is 1. The van der Waals surface area contributed by atoms with E-state index in [1.165, 1.54) is 0 Å². The van der Waals surface area contributed by atoms with E-state index < -0.39 is 0 Å². The van der Waals surface area contributed by atoms with Crippen LogP contribution in [0.1, 0.15) is 24.2 Å². The number of hydrogen-bond acceptors (Lipinski definition) is 5. The molecule has 1 aliphatic heterocycles. The van der Waals surface area contributed by atoms with E-state index in [-0.39, 0.29) is 11.8 Å². The number of carbonyl (C=O) groups is 1. The van der Waals surface area contributed by atoms with Gasteiger partial charge in [-0.15, -0.1) is 10.2 Å². The Morgan fingerprint density at radius 2 is 1.93 bits per heavy atom. The molecule has 7 nitrogen and oxygen atoms in total. The van der Waals surface area contributed by atoms with Crippen LogP contribution in [0, 0.1) is 19.8 Å². The number of amides is 1. The van der Waals surface area contributed by atoms with Crippen LogP contribution in [0.3, 0.4) is 0 Å². The zero-order chi connectivity index (χ0) is 20.4. The molecule has 3 heterocycles. The molecule has 1 saturated heterocycles. The van der Waals surface area contributed by atoms with Gasteiger partial charge >= 0.3 is 0 Å². The largest absolute Gasteiger partial charge is 0.354 e. The Kier molecular flexibility index (Phi) is 5.49. The summed E-state index contributed by atoms with van der Waals surface area (Å²) in [6.45, 7) is 5.34. The van der Waals surface area contributed by atoms with Crippen molar-refractivity contribution in [3.63, 3.8) is 0 Å². The molecule has 4 rings (SSSR count). The molecule has 29 heavy (non-hydrogen) atoms. The molecule has 1 amide bonds. The van der Waals surface area contributed by atoms with E-state index in [0.717, 1.165) is 48.0 Å². The first-order chi connectivity index (χ1) is 14.0. The summed E-state index contributed by atoms with van der Waals surface area (Å²) in [5.74, 6) is 0.631. The van der Waals surface area contributed by atoms with Gasteiger partial charge in [0.25, 0.3) is 0 Å².